The summed E-state index contributed by atoms with van der Waals surface area (Å²) in [5, 5.41) is 20.9. The predicted molar refractivity (Wildman–Crippen MR) is 66.4 cm³/mol. The number of hydrogen-bond donors (Lipinski definition) is 3. The van der Waals surface area contributed by atoms with Crippen LogP contribution in [0.5, 0.6) is 5.75 Å². The lowest BCUT2D eigenvalue weighted by atomic mass is 10.2. The number of carbonyl (C=O) groups excluding carboxylic acids is 1. The number of aliphatic hydroxyl groups excluding tert-OH is 1. The summed E-state index contributed by atoms with van der Waals surface area (Å²) in [4.78, 5) is 11.7. The minimum absolute atomic E-state index is 0.0137. The molecule has 0 aliphatic heterocycles. The second kappa shape index (κ2) is 7.14. The monoisotopic (exact) mass is 257 g/mol. The van der Waals surface area contributed by atoms with Crippen molar-refractivity contribution in [1.29, 1.82) is 0 Å². The first-order chi connectivity index (χ1) is 8.15. The fourth-order valence-electron chi connectivity index (χ4n) is 1.40. The van der Waals surface area contributed by atoms with Crippen molar-refractivity contribution < 1.29 is 15.0 Å². The van der Waals surface area contributed by atoms with Crippen molar-refractivity contribution in [3.63, 3.8) is 0 Å². The lowest BCUT2D eigenvalue weighted by Crippen LogP contribution is -2.24. The van der Waals surface area contributed by atoms with E-state index in [0.29, 0.717) is 11.6 Å². The van der Waals surface area contributed by atoms with E-state index in [0.717, 1.165) is 19.3 Å². The van der Waals surface area contributed by atoms with Gasteiger partial charge in [0.15, 0.2) is 0 Å². The minimum Gasteiger partial charge on any atom is -0.508 e. The average molecular weight is 258 g/mol. The molecule has 94 valence electrons. The van der Waals surface area contributed by atoms with Crippen molar-refractivity contribution in [2.75, 3.05) is 13.2 Å². The highest BCUT2D eigenvalue weighted by Gasteiger charge is 2.10. The Hall–Kier alpha value is -1.26. The smallest absolute Gasteiger partial charge is 0.252 e. The third-order valence-electron chi connectivity index (χ3n) is 2.32. The summed E-state index contributed by atoms with van der Waals surface area (Å²) in [6.45, 7) is 0.706. The summed E-state index contributed by atoms with van der Waals surface area (Å²) in [6.07, 6.45) is 2.41. The molecule has 0 fully saturated rings. The Morgan fingerprint density at radius 2 is 2.06 bits per heavy atom. The summed E-state index contributed by atoms with van der Waals surface area (Å²) in [5.41, 5.74) is 0.272. The van der Waals surface area contributed by atoms with Crippen molar-refractivity contribution in [3.8, 4) is 5.75 Å². The zero-order valence-corrected chi connectivity index (χ0v) is 10.2. The molecule has 0 unspecified atom stereocenters. The number of rotatable bonds is 6. The Balaban J connectivity index is 2.44. The van der Waals surface area contributed by atoms with E-state index in [1.165, 1.54) is 18.2 Å². The quantitative estimate of drug-likeness (QED) is 0.682. The zero-order chi connectivity index (χ0) is 12.7. The van der Waals surface area contributed by atoms with E-state index in [1.807, 2.05) is 0 Å². The van der Waals surface area contributed by atoms with Crippen LogP contribution in [0.25, 0.3) is 0 Å². The van der Waals surface area contributed by atoms with Gasteiger partial charge in [-0.15, -0.1) is 0 Å². The number of hydrogen-bond acceptors (Lipinski definition) is 3. The molecule has 0 aromatic heterocycles. The second-order valence-electron chi connectivity index (χ2n) is 3.70. The molecular weight excluding hydrogens is 242 g/mol. The third kappa shape index (κ3) is 4.63. The molecule has 0 spiro atoms. The normalized spacial score (nSPS) is 10.2. The molecule has 0 saturated carbocycles. The SMILES string of the molecule is O=C(NCCCCCO)c1cc(O)ccc1Cl. The highest BCUT2D eigenvalue weighted by atomic mass is 35.5. The highest BCUT2D eigenvalue weighted by Crippen LogP contribution is 2.20. The van der Waals surface area contributed by atoms with E-state index in [9.17, 15) is 9.90 Å². The van der Waals surface area contributed by atoms with Crippen LogP contribution in [0.3, 0.4) is 0 Å². The number of nitrogens with one attached hydrogen (secondary N) is 1. The number of aromatic hydroxyl groups is 1. The number of halogens is 1. The van der Waals surface area contributed by atoms with E-state index in [2.05, 4.69) is 5.32 Å². The van der Waals surface area contributed by atoms with Crippen LogP contribution in [0, 0.1) is 0 Å². The van der Waals surface area contributed by atoms with Gasteiger partial charge in [-0.2, -0.15) is 0 Å². The lowest BCUT2D eigenvalue weighted by Gasteiger charge is -2.06. The van der Waals surface area contributed by atoms with Crippen molar-refractivity contribution >= 4 is 17.5 Å². The van der Waals surface area contributed by atoms with Gasteiger partial charge in [0.05, 0.1) is 10.6 Å². The fourth-order valence-corrected chi connectivity index (χ4v) is 1.60. The molecule has 0 saturated heterocycles. The predicted octanol–water partition coefficient (Wildman–Crippen LogP) is 1.94. The molecule has 1 aromatic carbocycles. The van der Waals surface area contributed by atoms with Gasteiger partial charge in [-0.1, -0.05) is 11.6 Å². The van der Waals surface area contributed by atoms with E-state index >= 15 is 0 Å². The summed E-state index contributed by atoms with van der Waals surface area (Å²) in [5.74, 6) is -0.283. The van der Waals surface area contributed by atoms with Gasteiger partial charge in [0.2, 0.25) is 0 Å². The van der Waals surface area contributed by atoms with Gasteiger partial charge in [-0.3, -0.25) is 4.79 Å². The Bertz CT molecular complexity index is 382. The molecule has 17 heavy (non-hydrogen) atoms. The maximum atomic E-state index is 11.7. The molecule has 0 aliphatic rings. The highest BCUT2D eigenvalue weighted by molar-refractivity contribution is 6.33. The molecular formula is C12H16ClNO3. The van der Waals surface area contributed by atoms with Gasteiger partial charge in [-0.05, 0) is 37.5 Å². The Morgan fingerprint density at radius 3 is 2.76 bits per heavy atom. The van der Waals surface area contributed by atoms with E-state index in [-0.39, 0.29) is 23.8 Å². The van der Waals surface area contributed by atoms with Crippen LogP contribution in [-0.4, -0.2) is 29.3 Å². The molecule has 3 N–H and O–H groups in total. The van der Waals surface area contributed by atoms with Crippen molar-refractivity contribution in [2.24, 2.45) is 0 Å². The number of phenols is 1. The Kier molecular flexibility index (Phi) is 5.80. The standard InChI is InChI=1S/C12H16ClNO3/c13-11-5-4-9(16)8-10(11)12(17)14-6-2-1-3-7-15/h4-5,8,15-16H,1-3,6-7H2,(H,14,17). The maximum Gasteiger partial charge on any atom is 0.252 e. The number of amides is 1. The van der Waals surface area contributed by atoms with Crippen LogP contribution in [0.4, 0.5) is 0 Å². The first kappa shape index (κ1) is 13.8. The van der Waals surface area contributed by atoms with Crippen LogP contribution in [0.2, 0.25) is 5.02 Å². The zero-order valence-electron chi connectivity index (χ0n) is 9.45. The molecule has 0 atom stereocenters. The van der Waals surface area contributed by atoms with Crippen LogP contribution < -0.4 is 5.32 Å². The largest absolute Gasteiger partial charge is 0.508 e. The number of aliphatic hydroxyl groups is 1. The van der Waals surface area contributed by atoms with Gasteiger partial charge in [0, 0.05) is 13.2 Å². The number of benzene rings is 1. The molecule has 0 aliphatic carbocycles. The molecule has 1 rings (SSSR count). The number of carbonyl (C=O) groups is 1. The molecule has 1 amide bonds. The topological polar surface area (TPSA) is 69.6 Å². The van der Waals surface area contributed by atoms with Crippen LogP contribution in [-0.2, 0) is 0 Å². The fraction of sp³-hybridized carbons (Fsp3) is 0.417. The summed E-state index contributed by atoms with van der Waals surface area (Å²) in [6, 6.07) is 4.25. The first-order valence-electron chi connectivity index (χ1n) is 5.52. The molecule has 0 radical (unpaired) electrons. The van der Waals surface area contributed by atoms with Crippen molar-refractivity contribution in [2.45, 2.75) is 19.3 Å². The summed E-state index contributed by atoms with van der Waals surface area (Å²) < 4.78 is 0. The van der Waals surface area contributed by atoms with Gasteiger partial charge in [-0.25, -0.2) is 0 Å². The van der Waals surface area contributed by atoms with Crippen molar-refractivity contribution in [3.05, 3.63) is 28.8 Å². The van der Waals surface area contributed by atoms with Crippen LogP contribution in [0.1, 0.15) is 29.6 Å². The van der Waals surface area contributed by atoms with Crippen LogP contribution >= 0.6 is 11.6 Å². The lowest BCUT2D eigenvalue weighted by molar-refractivity contribution is 0.0952. The molecule has 0 heterocycles. The Morgan fingerprint density at radius 1 is 1.29 bits per heavy atom. The summed E-state index contributed by atoms with van der Waals surface area (Å²) >= 11 is 5.85. The number of phenolic OH excluding ortho intramolecular Hbond substituents is 1. The third-order valence-corrected chi connectivity index (χ3v) is 2.64. The summed E-state index contributed by atoms with van der Waals surface area (Å²) in [7, 11) is 0. The number of unbranched alkanes of at least 4 members (excludes halogenated alkanes) is 2. The minimum atomic E-state index is -0.296. The van der Waals surface area contributed by atoms with Crippen LogP contribution in [0.15, 0.2) is 18.2 Å². The second-order valence-corrected chi connectivity index (χ2v) is 4.11. The molecule has 0 bridgehead atoms. The van der Waals surface area contributed by atoms with E-state index < -0.39 is 0 Å². The van der Waals surface area contributed by atoms with Gasteiger partial charge in [0.1, 0.15) is 5.75 Å². The van der Waals surface area contributed by atoms with E-state index in [4.69, 9.17) is 16.7 Å². The molecule has 4 nitrogen and oxygen atoms in total. The van der Waals surface area contributed by atoms with Gasteiger partial charge in [0.25, 0.3) is 5.91 Å². The van der Waals surface area contributed by atoms with Gasteiger partial charge < -0.3 is 15.5 Å². The molecule has 1 aromatic rings. The maximum absolute atomic E-state index is 11.7. The molecule has 5 heteroatoms. The van der Waals surface area contributed by atoms with Crippen molar-refractivity contribution in [1.82, 2.24) is 5.32 Å². The average Bonchev–Trinajstić information content (AvgIpc) is 2.32. The van der Waals surface area contributed by atoms with Gasteiger partial charge >= 0.3 is 0 Å². The Labute approximate surface area is 105 Å². The first-order valence-corrected chi connectivity index (χ1v) is 5.90. The van der Waals surface area contributed by atoms with E-state index in [1.54, 1.807) is 0 Å².